The summed E-state index contributed by atoms with van der Waals surface area (Å²) in [4.78, 5) is 24.6. The van der Waals surface area contributed by atoms with Crippen molar-refractivity contribution in [3.05, 3.63) is 69.8 Å². The molecule has 0 spiro atoms. The molecule has 0 bridgehead atoms. The van der Waals surface area contributed by atoms with Gasteiger partial charge in [0, 0.05) is 21.1 Å². The van der Waals surface area contributed by atoms with Gasteiger partial charge >= 0.3 is 5.97 Å². The minimum atomic E-state index is -0.763. The molecule has 0 radical (unpaired) electrons. The molecule has 126 valence electrons. The Morgan fingerprint density at radius 2 is 1.92 bits per heavy atom. The molecule has 2 aromatic carbocycles. The van der Waals surface area contributed by atoms with Crippen molar-refractivity contribution in [2.75, 3.05) is 0 Å². The Bertz CT molecular complexity index is 1010. The predicted molar refractivity (Wildman–Crippen MR) is 99.0 cm³/mol. The summed E-state index contributed by atoms with van der Waals surface area (Å²) in [5, 5.41) is 10.4. The van der Waals surface area contributed by atoms with Gasteiger partial charge in [-0.15, -0.1) is 0 Å². The molecule has 1 unspecified atom stereocenters. The molecule has 1 aliphatic rings. The third kappa shape index (κ3) is 2.68. The topological polar surface area (TPSA) is 59.3 Å². The van der Waals surface area contributed by atoms with Gasteiger partial charge in [-0.2, -0.15) is 0 Å². The second-order valence-corrected chi connectivity index (χ2v) is 7.29. The van der Waals surface area contributed by atoms with E-state index in [-0.39, 0.29) is 11.8 Å². The van der Waals surface area contributed by atoms with Crippen LogP contribution in [-0.4, -0.2) is 21.6 Å². The molecule has 3 aromatic rings. The van der Waals surface area contributed by atoms with Gasteiger partial charge in [-0.1, -0.05) is 40.2 Å². The van der Waals surface area contributed by atoms with Crippen molar-refractivity contribution in [1.82, 2.24) is 4.57 Å². The number of fused-ring (bicyclic) bond motifs is 3. The zero-order chi connectivity index (χ0) is 17.6. The monoisotopic (exact) mass is 397 g/mol. The molecule has 1 aliphatic carbocycles. The van der Waals surface area contributed by atoms with E-state index in [1.807, 2.05) is 42.5 Å². The Kier molecular flexibility index (Phi) is 3.96. The number of hydrogen-bond donors (Lipinski definition) is 1. The fourth-order valence-electron chi connectivity index (χ4n) is 3.70. The highest BCUT2D eigenvalue weighted by Crippen LogP contribution is 2.35. The van der Waals surface area contributed by atoms with Crippen LogP contribution in [0.4, 0.5) is 0 Å². The zero-order valence-electron chi connectivity index (χ0n) is 13.4. The maximum atomic E-state index is 13.2. The standard InChI is InChI=1S/C20H16BrNO3/c21-14-5-3-4-12(10-14)19(23)22-17-7-2-1-6-15(17)16-11-13(20(24)25)8-9-18(16)22/h1-7,10,13H,8-9,11H2,(H,24,25). The SMILES string of the molecule is O=C(O)C1CCc2c(c3ccccc3n2C(=O)c2cccc(Br)c2)C1. The molecule has 25 heavy (non-hydrogen) atoms. The molecule has 1 N–H and O–H groups in total. The molecule has 4 nitrogen and oxygen atoms in total. The van der Waals surface area contributed by atoms with Crippen LogP contribution in [0.5, 0.6) is 0 Å². The quantitative estimate of drug-likeness (QED) is 0.701. The first-order chi connectivity index (χ1) is 12.1. The van der Waals surface area contributed by atoms with Gasteiger partial charge < -0.3 is 5.11 Å². The van der Waals surface area contributed by atoms with Gasteiger partial charge in [-0.25, -0.2) is 0 Å². The molecule has 0 fully saturated rings. The summed E-state index contributed by atoms with van der Waals surface area (Å²) < 4.78 is 2.62. The Labute approximate surface area is 153 Å². The number of rotatable bonds is 2. The summed E-state index contributed by atoms with van der Waals surface area (Å²) in [5.41, 5.74) is 3.41. The van der Waals surface area contributed by atoms with E-state index < -0.39 is 5.97 Å². The van der Waals surface area contributed by atoms with Gasteiger partial charge in [0.15, 0.2) is 0 Å². The summed E-state index contributed by atoms with van der Waals surface area (Å²) >= 11 is 3.42. The number of nitrogens with zero attached hydrogens (tertiary/aromatic N) is 1. The van der Waals surface area contributed by atoms with E-state index in [2.05, 4.69) is 15.9 Å². The van der Waals surface area contributed by atoms with Crippen molar-refractivity contribution >= 4 is 38.7 Å². The fraction of sp³-hybridized carbons (Fsp3) is 0.200. The Balaban J connectivity index is 1.91. The van der Waals surface area contributed by atoms with E-state index in [1.54, 1.807) is 10.6 Å². The second-order valence-electron chi connectivity index (χ2n) is 6.37. The first kappa shape index (κ1) is 16.1. The number of benzene rings is 2. The fourth-order valence-corrected chi connectivity index (χ4v) is 4.10. The van der Waals surface area contributed by atoms with Crippen molar-refractivity contribution in [2.24, 2.45) is 5.92 Å². The van der Waals surface area contributed by atoms with Gasteiger partial charge in [-0.3, -0.25) is 14.2 Å². The average molecular weight is 398 g/mol. The van der Waals surface area contributed by atoms with E-state index >= 15 is 0 Å². The first-order valence-electron chi connectivity index (χ1n) is 8.20. The number of aliphatic carboxylic acids is 1. The highest BCUT2D eigenvalue weighted by Gasteiger charge is 2.30. The lowest BCUT2D eigenvalue weighted by molar-refractivity contribution is -0.142. The number of aromatic nitrogens is 1. The molecule has 5 heteroatoms. The summed E-state index contributed by atoms with van der Waals surface area (Å²) in [6.45, 7) is 0. The number of para-hydroxylation sites is 1. The molecule has 4 rings (SSSR count). The molecular formula is C20H16BrNO3. The lowest BCUT2D eigenvalue weighted by Gasteiger charge is -2.20. The van der Waals surface area contributed by atoms with Gasteiger partial charge in [0.05, 0.1) is 11.4 Å². The number of halogens is 1. The lowest BCUT2D eigenvalue weighted by Crippen LogP contribution is -2.24. The normalized spacial score (nSPS) is 16.6. The van der Waals surface area contributed by atoms with Crippen molar-refractivity contribution in [2.45, 2.75) is 19.3 Å². The highest BCUT2D eigenvalue weighted by molar-refractivity contribution is 9.10. The molecular weight excluding hydrogens is 382 g/mol. The van der Waals surface area contributed by atoms with Gasteiger partial charge in [0.25, 0.3) is 5.91 Å². The van der Waals surface area contributed by atoms with Crippen molar-refractivity contribution in [1.29, 1.82) is 0 Å². The number of hydrogen-bond acceptors (Lipinski definition) is 2. The molecule has 0 saturated heterocycles. The molecule has 0 aliphatic heterocycles. The van der Waals surface area contributed by atoms with E-state index in [4.69, 9.17) is 0 Å². The van der Waals surface area contributed by atoms with E-state index in [0.29, 0.717) is 24.8 Å². The maximum Gasteiger partial charge on any atom is 0.306 e. The molecule has 1 heterocycles. The molecule has 0 amide bonds. The average Bonchev–Trinajstić information content (AvgIpc) is 2.95. The van der Waals surface area contributed by atoms with Gasteiger partial charge in [0.1, 0.15) is 0 Å². The highest BCUT2D eigenvalue weighted by atomic mass is 79.9. The smallest absolute Gasteiger partial charge is 0.306 e. The molecule has 1 atom stereocenters. The Morgan fingerprint density at radius 1 is 1.12 bits per heavy atom. The van der Waals surface area contributed by atoms with E-state index in [0.717, 1.165) is 26.6 Å². The van der Waals surface area contributed by atoms with Crippen LogP contribution in [0.25, 0.3) is 10.9 Å². The van der Waals surface area contributed by atoms with E-state index in [1.165, 1.54) is 0 Å². The van der Waals surface area contributed by atoms with Crippen LogP contribution in [0, 0.1) is 5.92 Å². The van der Waals surface area contributed by atoms with Crippen LogP contribution >= 0.6 is 15.9 Å². The van der Waals surface area contributed by atoms with Crippen LogP contribution in [-0.2, 0) is 17.6 Å². The predicted octanol–water partition coefficient (Wildman–Crippen LogP) is 4.28. The summed E-state index contributed by atoms with van der Waals surface area (Å²) in [7, 11) is 0. The van der Waals surface area contributed by atoms with Crippen molar-refractivity contribution in [3.8, 4) is 0 Å². The minimum Gasteiger partial charge on any atom is -0.481 e. The summed E-state index contributed by atoms with van der Waals surface area (Å²) in [6.07, 6.45) is 1.63. The largest absolute Gasteiger partial charge is 0.481 e. The third-order valence-corrected chi connectivity index (χ3v) is 5.39. The van der Waals surface area contributed by atoms with Gasteiger partial charge in [0.2, 0.25) is 0 Å². The first-order valence-corrected chi connectivity index (χ1v) is 9.00. The van der Waals surface area contributed by atoms with Crippen molar-refractivity contribution < 1.29 is 14.7 Å². The van der Waals surface area contributed by atoms with Crippen LogP contribution in [0.15, 0.2) is 53.0 Å². The third-order valence-electron chi connectivity index (χ3n) is 4.89. The number of carbonyl (C=O) groups excluding carboxylic acids is 1. The van der Waals surface area contributed by atoms with Crippen LogP contribution in [0.3, 0.4) is 0 Å². The number of carbonyl (C=O) groups is 2. The number of carboxylic acids is 1. The maximum absolute atomic E-state index is 13.2. The minimum absolute atomic E-state index is 0.0764. The van der Waals surface area contributed by atoms with Crippen molar-refractivity contribution in [3.63, 3.8) is 0 Å². The second kappa shape index (κ2) is 6.15. The Hall–Kier alpha value is -2.40. The lowest BCUT2D eigenvalue weighted by atomic mass is 9.86. The molecule has 1 aromatic heterocycles. The van der Waals surface area contributed by atoms with Crippen LogP contribution in [0.2, 0.25) is 0 Å². The van der Waals surface area contributed by atoms with Crippen LogP contribution in [0.1, 0.15) is 28.0 Å². The van der Waals surface area contributed by atoms with Crippen LogP contribution < -0.4 is 0 Å². The van der Waals surface area contributed by atoms with Gasteiger partial charge in [-0.05, 0) is 49.1 Å². The Morgan fingerprint density at radius 3 is 2.68 bits per heavy atom. The molecule has 0 saturated carbocycles. The van der Waals surface area contributed by atoms with E-state index in [9.17, 15) is 14.7 Å². The zero-order valence-corrected chi connectivity index (χ0v) is 15.0. The number of carboxylic acid groups (broad SMARTS) is 1. The summed E-state index contributed by atoms with van der Waals surface area (Å²) in [6, 6.07) is 15.1. The summed E-state index contributed by atoms with van der Waals surface area (Å²) in [5.74, 6) is -1.22.